The molecule has 0 saturated heterocycles. The van der Waals surface area contributed by atoms with Gasteiger partial charge in [-0.3, -0.25) is 9.59 Å². The normalized spacial score (nSPS) is 11.7. The summed E-state index contributed by atoms with van der Waals surface area (Å²) >= 11 is 2.18. The third kappa shape index (κ3) is 22.0. The Morgan fingerprint density at radius 3 is 2.07 bits per heavy atom. The van der Waals surface area contributed by atoms with Crippen molar-refractivity contribution < 1.29 is 32.0 Å². The molecule has 1 atom stereocenters. The molecule has 9 nitrogen and oxygen atoms in total. The van der Waals surface area contributed by atoms with E-state index in [1.54, 1.807) is 19.0 Å². The number of carbonyl (C=O) groups excluding carboxylic acids is 2. The molecule has 2 N–H and O–H groups in total. The lowest BCUT2D eigenvalue weighted by molar-refractivity contribution is -0.306. The standard InChI is InChI=1S/C19H26IN4O3P.C10H13F3O.C6H7N.3C2H6/c1-14-6-8-16(9-7-14)12-24-15(2)21-18(23(4)13-25)17(24)19(26)22(3)10-5-11-27-28-20;1-7(2)8-4-3-5-9(6-8)14-10(11,12)13;7-6-4-2-1-3-5-6;3*1-2/h6-9,13,28H,5,10-12H2,1-4H3;4,6-7H,3,5H2,1-2H3;1-5H,7H2;3*1-2H3. The molecule has 0 radical (unpaired) electrons. The number of carbonyl (C=O) groups is 2. The van der Waals surface area contributed by atoms with Gasteiger partial charge in [-0.25, -0.2) is 4.98 Å². The number of nitrogen functional groups attached to an aromatic ring is 1. The first kappa shape index (κ1) is 53.7. The van der Waals surface area contributed by atoms with E-state index in [-0.39, 0.29) is 17.6 Å². The van der Waals surface area contributed by atoms with Gasteiger partial charge in [0.15, 0.2) is 11.5 Å². The number of rotatable bonds is 12. The van der Waals surface area contributed by atoms with E-state index in [1.165, 1.54) is 16.5 Å². The summed E-state index contributed by atoms with van der Waals surface area (Å²) in [5.41, 5.74) is 9.76. The van der Waals surface area contributed by atoms with Gasteiger partial charge in [-0.1, -0.05) is 109 Å². The van der Waals surface area contributed by atoms with Gasteiger partial charge in [-0.2, -0.15) is 0 Å². The molecule has 0 saturated carbocycles. The number of anilines is 2. The molecule has 1 aliphatic carbocycles. The van der Waals surface area contributed by atoms with Crippen molar-refractivity contribution in [3.05, 3.63) is 101 Å². The van der Waals surface area contributed by atoms with Crippen LogP contribution in [0, 0.1) is 19.8 Å². The van der Waals surface area contributed by atoms with Gasteiger partial charge in [0.1, 0.15) is 11.6 Å². The summed E-state index contributed by atoms with van der Waals surface area (Å²) in [7, 11) is 3.37. The first-order chi connectivity index (χ1) is 26.2. The molecule has 1 unspecified atom stereocenters. The zero-order chi connectivity index (χ0) is 42.6. The summed E-state index contributed by atoms with van der Waals surface area (Å²) in [6, 6.07) is 17.7. The van der Waals surface area contributed by atoms with Crippen molar-refractivity contribution in [3.8, 4) is 0 Å². The summed E-state index contributed by atoms with van der Waals surface area (Å²) in [5, 5.41) is 0. The quantitative estimate of drug-likeness (QED) is 0.0638. The van der Waals surface area contributed by atoms with Crippen LogP contribution in [0.2, 0.25) is 0 Å². The summed E-state index contributed by atoms with van der Waals surface area (Å²) in [4.78, 5) is 32.1. The lowest BCUT2D eigenvalue weighted by Crippen LogP contribution is -2.32. The Hall–Kier alpha value is -3.42. The Morgan fingerprint density at radius 2 is 1.60 bits per heavy atom. The van der Waals surface area contributed by atoms with Crippen LogP contribution in [-0.4, -0.2) is 60.4 Å². The maximum absolute atomic E-state index is 13.2. The molecule has 4 rings (SSSR count). The van der Waals surface area contributed by atoms with E-state index in [1.807, 2.05) is 134 Å². The predicted molar refractivity (Wildman–Crippen MR) is 234 cm³/mol. The summed E-state index contributed by atoms with van der Waals surface area (Å²) in [6.45, 7) is 21.9. The Labute approximate surface area is 343 Å². The Balaban J connectivity index is 0. The fourth-order valence-electron chi connectivity index (χ4n) is 4.60. The van der Waals surface area contributed by atoms with Crippen molar-refractivity contribution in [1.29, 1.82) is 0 Å². The van der Waals surface area contributed by atoms with Crippen LogP contribution in [0.5, 0.6) is 0 Å². The lowest BCUT2D eigenvalue weighted by Gasteiger charge is -2.20. The maximum atomic E-state index is 13.2. The fraction of sp³-hybridized carbons (Fsp3) is 0.488. The number of aromatic nitrogens is 2. The molecule has 3 aromatic rings. The van der Waals surface area contributed by atoms with Gasteiger partial charge in [0.05, 0.1) is 13.1 Å². The average Bonchev–Trinajstić information content (AvgIpc) is 3.51. The molecule has 1 aromatic heterocycles. The topological polar surface area (TPSA) is 103 Å². The highest BCUT2D eigenvalue weighted by Gasteiger charge is 2.32. The van der Waals surface area contributed by atoms with E-state index in [0.717, 1.165) is 23.2 Å². The number of aryl methyl sites for hydroxylation is 2. The first-order valence-corrected chi connectivity index (χ1v) is 22.7. The molecular formula is C41H64F3IN5O4P. The zero-order valence-corrected chi connectivity index (χ0v) is 37.9. The van der Waals surface area contributed by atoms with Crippen LogP contribution >= 0.6 is 28.5 Å². The average molecular weight is 906 g/mol. The van der Waals surface area contributed by atoms with E-state index in [4.69, 9.17) is 10.3 Å². The third-order valence-corrected chi connectivity index (χ3v) is 8.50. The molecule has 0 bridgehead atoms. The van der Waals surface area contributed by atoms with E-state index in [2.05, 4.69) is 31.8 Å². The summed E-state index contributed by atoms with van der Waals surface area (Å²) in [6.07, 6.45) is 1.25. The number of nitrogens with two attached hydrogens (primary N) is 1. The fourth-order valence-corrected chi connectivity index (χ4v) is 5.49. The Kier molecular flexibility index (Phi) is 30.0. The molecule has 1 heterocycles. The number of amides is 2. The second-order valence-corrected chi connectivity index (χ2v) is 13.4. The molecule has 14 heteroatoms. The zero-order valence-electron chi connectivity index (χ0n) is 34.8. The number of nitrogens with zero attached hydrogens (tertiary/aromatic N) is 4. The number of imidazole rings is 1. The van der Waals surface area contributed by atoms with E-state index < -0.39 is 6.36 Å². The lowest BCUT2D eigenvalue weighted by atomic mass is 9.96. The van der Waals surface area contributed by atoms with Crippen LogP contribution < -0.4 is 10.6 Å². The minimum Gasteiger partial charge on any atom is -0.410 e. The van der Waals surface area contributed by atoms with Crippen molar-refractivity contribution in [2.75, 3.05) is 37.9 Å². The number of benzene rings is 2. The van der Waals surface area contributed by atoms with Gasteiger partial charge in [-0.15, -0.1) is 13.2 Å². The number of hydrogen-bond acceptors (Lipinski definition) is 6. The van der Waals surface area contributed by atoms with Crippen LogP contribution in [0.4, 0.5) is 24.7 Å². The minimum absolute atomic E-state index is 0.0173. The van der Waals surface area contributed by atoms with Gasteiger partial charge in [0.25, 0.3) is 5.91 Å². The largest absolute Gasteiger partial charge is 0.572 e. The Bertz CT molecular complexity index is 1530. The maximum Gasteiger partial charge on any atom is 0.572 e. The van der Waals surface area contributed by atoms with Crippen LogP contribution in [0.3, 0.4) is 0 Å². The number of hydrogen-bond donors (Lipinski definition) is 1. The third-order valence-electron chi connectivity index (χ3n) is 7.25. The van der Waals surface area contributed by atoms with Gasteiger partial charge < -0.3 is 29.4 Å². The van der Waals surface area contributed by atoms with E-state index in [0.29, 0.717) is 62.7 Å². The monoisotopic (exact) mass is 905 g/mol. The van der Waals surface area contributed by atoms with Crippen molar-refractivity contribution >= 4 is 52.3 Å². The molecular weight excluding hydrogens is 841 g/mol. The van der Waals surface area contributed by atoms with Crippen molar-refractivity contribution in [2.24, 2.45) is 5.92 Å². The number of allylic oxidation sites excluding steroid dienone is 4. The molecule has 2 aromatic carbocycles. The second kappa shape index (κ2) is 30.8. The molecule has 1 aliphatic rings. The smallest absolute Gasteiger partial charge is 0.410 e. The SMILES string of the molecule is CC.CC.CC.CC(C)C1=CCCC(OC(F)(F)F)=C1.Cc1ccc(Cn2c(C)nc(N(C)C=O)c2C(=O)N(C)CCCOPI)cc1.Nc1ccccc1. The van der Waals surface area contributed by atoms with Crippen LogP contribution in [-0.2, 0) is 20.6 Å². The molecule has 2 amide bonds. The van der Waals surface area contributed by atoms with Crippen LogP contribution in [0.1, 0.15) is 102 Å². The molecule has 0 spiro atoms. The van der Waals surface area contributed by atoms with Crippen LogP contribution in [0.25, 0.3) is 0 Å². The minimum atomic E-state index is -4.56. The Morgan fingerprint density at radius 1 is 1.02 bits per heavy atom. The molecule has 55 heavy (non-hydrogen) atoms. The molecule has 0 aliphatic heterocycles. The highest BCUT2D eigenvalue weighted by Crippen LogP contribution is 2.29. The summed E-state index contributed by atoms with van der Waals surface area (Å²) < 4.78 is 46.8. The number of ether oxygens (including phenoxy) is 1. The second-order valence-electron chi connectivity index (χ2n) is 11.6. The van der Waals surface area contributed by atoms with Gasteiger partial charge in [0, 0.05) is 39.3 Å². The van der Waals surface area contributed by atoms with Gasteiger partial charge in [-0.05, 0) is 84.0 Å². The van der Waals surface area contributed by atoms with E-state index >= 15 is 0 Å². The number of alkyl halides is 3. The summed E-state index contributed by atoms with van der Waals surface area (Å²) in [5.74, 6) is 1.16. The number of halogens is 4. The van der Waals surface area contributed by atoms with Crippen molar-refractivity contribution in [1.82, 2.24) is 14.5 Å². The number of para-hydroxylation sites is 1. The first-order valence-electron chi connectivity index (χ1n) is 18.7. The molecule has 310 valence electrons. The highest BCUT2D eigenvalue weighted by atomic mass is 127. The van der Waals surface area contributed by atoms with Crippen molar-refractivity contribution in [3.63, 3.8) is 0 Å². The van der Waals surface area contributed by atoms with Crippen LogP contribution in [0.15, 0.2) is 78.1 Å². The van der Waals surface area contributed by atoms with E-state index in [9.17, 15) is 22.8 Å². The van der Waals surface area contributed by atoms with Gasteiger partial charge >= 0.3 is 6.36 Å². The van der Waals surface area contributed by atoms with Crippen molar-refractivity contribution in [2.45, 2.75) is 101 Å². The van der Waals surface area contributed by atoms with Gasteiger partial charge in [0.2, 0.25) is 6.41 Å². The molecule has 0 fully saturated rings. The highest BCUT2D eigenvalue weighted by molar-refractivity contribution is 14.2. The predicted octanol–water partition coefficient (Wildman–Crippen LogP) is 11.7.